The van der Waals surface area contributed by atoms with Crippen LogP contribution in [0.2, 0.25) is 0 Å². The molecule has 2 fully saturated rings. The molecule has 29 heavy (non-hydrogen) atoms. The first-order chi connectivity index (χ1) is 14.1. The van der Waals surface area contributed by atoms with E-state index in [-0.39, 0.29) is 30.5 Å². The maximum atomic E-state index is 13.0. The van der Waals surface area contributed by atoms with Gasteiger partial charge in [-0.3, -0.25) is 9.69 Å². The third-order valence-corrected chi connectivity index (χ3v) is 5.34. The Morgan fingerprint density at radius 3 is 2.69 bits per heavy atom. The van der Waals surface area contributed by atoms with Crippen LogP contribution in [0, 0.1) is 12.7 Å². The molecule has 0 saturated carbocycles. The number of ether oxygens (including phenoxy) is 2. The van der Waals surface area contributed by atoms with Gasteiger partial charge in [0.2, 0.25) is 11.8 Å². The number of carbonyl (C=O) groups excluding carboxylic acids is 1. The lowest BCUT2D eigenvalue weighted by atomic mass is 10.0. The van der Waals surface area contributed by atoms with E-state index in [9.17, 15) is 9.18 Å². The SMILES string of the molecule is Cc1noc(CN2CCC(N3C[C@H](COc4ccc(F)cc4)OCC3=O)CC2)n1. The Morgan fingerprint density at radius 1 is 1.24 bits per heavy atom. The van der Waals surface area contributed by atoms with Gasteiger partial charge in [0.1, 0.15) is 30.9 Å². The molecule has 1 aromatic heterocycles. The monoisotopic (exact) mass is 404 g/mol. The maximum Gasteiger partial charge on any atom is 0.248 e. The zero-order chi connectivity index (χ0) is 20.2. The van der Waals surface area contributed by atoms with Crippen molar-refractivity contribution in [1.29, 1.82) is 0 Å². The van der Waals surface area contributed by atoms with Crippen LogP contribution in [0.5, 0.6) is 5.75 Å². The highest BCUT2D eigenvalue weighted by Gasteiger charge is 2.34. The fourth-order valence-corrected chi connectivity index (χ4v) is 3.80. The number of nitrogens with zero attached hydrogens (tertiary/aromatic N) is 4. The van der Waals surface area contributed by atoms with Gasteiger partial charge in [0.25, 0.3) is 0 Å². The van der Waals surface area contributed by atoms with Crippen molar-refractivity contribution >= 4 is 5.91 Å². The van der Waals surface area contributed by atoms with E-state index < -0.39 is 0 Å². The Bertz CT molecular complexity index is 820. The van der Waals surface area contributed by atoms with Crippen molar-refractivity contribution in [2.24, 2.45) is 0 Å². The average molecular weight is 404 g/mol. The van der Waals surface area contributed by atoms with E-state index in [1.54, 1.807) is 19.1 Å². The molecule has 0 radical (unpaired) electrons. The molecule has 3 heterocycles. The molecule has 2 aliphatic rings. The summed E-state index contributed by atoms with van der Waals surface area (Å²) in [4.78, 5) is 20.8. The van der Waals surface area contributed by atoms with Gasteiger partial charge in [0, 0.05) is 19.1 Å². The van der Waals surface area contributed by atoms with Gasteiger partial charge in [-0.1, -0.05) is 5.16 Å². The first-order valence-electron chi connectivity index (χ1n) is 9.88. The van der Waals surface area contributed by atoms with Gasteiger partial charge in [-0.2, -0.15) is 4.98 Å². The van der Waals surface area contributed by atoms with Gasteiger partial charge in [-0.25, -0.2) is 4.39 Å². The van der Waals surface area contributed by atoms with E-state index >= 15 is 0 Å². The molecule has 2 aliphatic heterocycles. The van der Waals surface area contributed by atoms with Crippen molar-refractivity contribution in [3.05, 3.63) is 41.8 Å². The number of benzene rings is 1. The number of aryl methyl sites for hydroxylation is 1. The average Bonchev–Trinajstić information content (AvgIpc) is 3.14. The summed E-state index contributed by atoms with van der Waals surface area (Å²) in [7, 11) is 0. The minimum absolute atomic E-state index is 0.0222. The summed E-state index contributed by atoms with van der Waals surface area (Å²) >= 11 is 0. The van der Waals surface area contributed by atoms with Crippen LogP contribution < -0.4 is 4.74 Å². The molecule has 0 bridgehead atoms. The first kappa shape index (κ1) is 19.8. The predicted octanol–water partition coefficient (Wildman–Crippen LogP) is 1.79. The van der Waals surface area contributed by atoms with Crippen molar-refractivity contribution in [2.45, 2.75) is 38.5 Å². The number of likely N-dealkylation sites (tertiary alicyclic amines) is 1. The van der Waals surface area contributed by atoms with E-state index in [1.807, 2.05) is 4.90 Å². The Morgan fingerprint density at radius 2 is 2.00 bits per heavy atom. The molecular formula is C20H25FN4O4. The number of rotatable bonds is 6. The Balaban J connectivity index is 1.26. The van der Waals surface area contributed by atoms with Crippen molar-refractivity contribution < 1.29 is 23.2 Å². The number of aromatic nitrogens is 2. The van der Waals surface area contributed by atoms with Crippen LogP contribution in [0.15, 0.2) is 28.8 Å². The quantitative estimate of drug-likeness (QED) is 0.726. The maximum absolute atomic E-state index is 13.0. The van der Waals surface area contributed by atoms with Crippen LogP contribution in [0.1, 0.15) is 24.6 Å². The van der Waals surface area contributed by atoms with Crippen LogP contribution in [0.4, 0.5) is 4.39 Å². The smallest absolute Gasteiger partial charge is 0.248 e. The molecule has 0 unspecified atom stereocenters. The second kappa shape index (κ2) is 8.87. The molecule has 1 atom stereocenters. The molecule has 0 spiro atoms. The van der Waals surface area contributed by atoms with Crippen molar-refractivity contribution in [2.75, 3.05) is 32.8 Å². The van der Waals surface area contributed by atoms with E-state index in [1.165, 1.54) is 12.1 Å². The fourth-order valence-electron chi connectivity index (χ4n) is 3.80. The van der Waals surface area contributed by atoms with Crippen molar-refractivity contribution in [3.8, 4) is 5.75 Å². The van der Waals surface area contributed by atoms with Gasteiger partial charge in [0.05, 0.1) is 13.1 Å². The van der Waals surface area contributed by atoms with Crippen molar-refractivity contribution in [3.63, 3.8) is 0 Å². The lowest BCUT2D eigenvalue weighted by Gasteiger charge is -2.41. The highest BCUT2D eigenvalue weighted by atomic mass is 19.1. The summed E-state index contributed by atoms with van der Waals surface area (Å²) in [5.41, 5.74) is 0. The number of amides is 1. The van der Waals surface area contributed by atoms with Crippen LogP contribution >= 0.6 is 0 Å². The molecule has 0 N–H and O–H groups in total. The molecule has 156 valence electrons. The topological polar surface area (TPSA) is 80.9 Å². The number of carbonyl (C=O) groups is 1. The molecule has 0 aliphatic carbocycles. The van der Waals surface area contributed by atoms with Crippen LogP contribution in [-0.2, 0) is 16.1 Å². The number of morpholine rings is 1. The minimum Gasteiger partial charge on any atom is -0.491 e. The number of hydrogen-bond acceptors (Lipinski definition) is 7. The van der Waals surface area contributed by atoms with E-state index in [2.05, 4.69) is 15.0 Å². The number of hydrogen-bond donors (Lipinski definition) is 0. The summed E-state index contributed by atoms with van der Waals surface area (Å²) in [6.07, 6.45) is 1.59. The van der Waals surface area contributed by atoms with Gasteiger partial charge >= 0.3 is 0 Å². The zero-order valence-corrected chi connectivity index (χ0v) is 16.4. The highest BCUT2D eigenvalue weighted by molar-refractivity contribution is 5.78. The molecule has 2 aromatic rings. The zero-order valence-electron chi connectivity index (χ0n) is 16.4. The standard InChI is InChI=1S/C20H25FN4O4/c1-14-22-19(29-23-14)11-24-8-6-16(7-9-24)25-10-18(28-13-20(25)26)12-27-17-4-2-15(21)3-5-17/h2-5,16,18H,6-13H2,1H3/t18-/m1/s1. The normalized spacial score (nSPS) is 21.5. The molecule has 8 nitrogen and oxygen atoms in total. The van der Waals surface area contributed by atoms with Gasteiger partial charge < -0.3 is 18.9 Å². The van der Waals surface area contributed by atoms with Crippen molar-refractivity contribution in [1.82, 2.24) is 19.9 Å². The summed E-state index contributed by atoms with van der Waals surface area (Å²) < 4.78 is 29.5. The van der Waals surface area contributed by atoms with E-state index in [0.29, 0.717) is 37.2 Å². The second-order valence-electron chi connectivity index (χ2n) is 7.49. The predicted molar refractivity (Wildman–Crippen MR) is 101 cm³/mol. The number of piperidine rings is 1. The van der Waals surface area contributed by atoms with Crippen LogP contribution in [0.25, 0.3) is 0 Å². The molecule has 2 saturated heterocycles. The molecule has 1 aromatic carbocycles. The summed E-state index contributed by atoms with van der Waals surface area (Å²) in [6, 6.07) is 6.08. The minimum atomic E-state index is -0.302. The third kappa shape index (κ3) is 5.10. The molecule has 9 heteroatoms. The van der Waals surface area contributed by atoms with Gasteiger partial charge in [-0.05, 0) is 44.0 Å². The van der Waals surface area contributed by atoms with Crippen LogP contribution in [0.3, 0.4) is 0 Å². The number of halogens is 1. The van der Waals surface area contributed by atoms with Gasteiger partial charge in [0.15, 0.2) is 5.82 Å². The summed E-state index contributed by atoms with van der Waals surface area (Å²) in [5, 5.41) is 3.82. The van der Waals surface area contributed by atoms with E-state index in [0.717, 1.165) is 25.9 Å². The van der Waals surface area contributed by atoms with Gasteiger partial charge in [-0.15, -0.1) is 0 Å². The fraction of sp³-hybridized carbons (Fsp3) is 0.550. The molecular weight excluding hydrogens is 379 g/mol. The molecule has 4 rings (SSSR count). The highest BCUT2D eigenvalue weighted by Crippen LogP contribution is 2.22. The first-order valence-corrected chi connectivity index (χ1v) is 9.88. The molecule has 1 amide bonds. The largest absolute Gasteiger partial charge is 0.491 e. The lowest BCUT2D eigenvalue weighted by molar-refractivity contribution is -0.155. The summed E-state index contributed by atoms with van der Waals surface area (Å²) in [6.45, 7) is 5.08. The third-order valence-electron chi connectivity index (χ3n) is 5.34. The Kier molecular flexibility index (Phi) is 6.05. The van der Waals surface area contributed by atoms with E-state index in [4.69, 9.17) is 14.0 Å². The summed E-state index contributed by atoms with van der Waals surface area (Å²) in [5.74, 6) is 1.57. The Labute approximate surface area is 168 Å². The van der Waals surface area contributed by atoms with Crippen LogP contribution in [-0.4, -0.2) is 70.8 Å². The lowest BCUT2D eigenvalue weighted by Crippen LogP contribution is -2.55. The second-order valence-corrected chi connectivity index (χ2v) is 7.49. The Hall–Kier alpha value is -2.52.